The first kappa shape index (κ1) is 13.7. The fraction of sp³-hybridized carbons (Fsp3) is 0.467. The van der Waals surface area contributed by atoms with E-state index < -0.39 is 5.54 Å². The summed E-state index contributed by atoms with van der Waals surface area (Å²) >= 11 is 0. The highest BCUT2D eigenvalue weighted by Crippen LogP contribution is 2.29. The van der Waals surface area contributed by atoms with Gasteiger partial charge in [0, 0.05) is 5.56 Å². The Morgan fingerprint density at radius 1 is 1.21 bits per heavy atom. The van der Waals surface area contributed by atoms with Gasteiger partial charge in [0.25, 0.3) is 5.89 Å². The highest BCUT2D eigenvalue weighted by Gasteiger charge is 2.26. The zero-order valence-electron chi connectivity index (χ0n) is 12.2. The molecule has 0 aliphatic heterocycles. The molecule has 0 aliphatic rings. The molecule has 0 fully saturated rings. The Balaban J connectivity index is 2.50. The summed E-state index contributed by atoms with van der Waals surface area (Å²) in [6.07, 6.45) is 0.762. The standard InChI is InChI=1S/C15H21N3O/c1-6-15(5,16)14-17-13(19-18-14)12-10(3)7-9(2)8-11(12)4/h7-8H,6,16H2,1-5H3. The summed E-state index contributed by atoms with van der Waals surface area (Å²) in [5, 5.41) is 4.03. The molecule has 1 aromatic heterocycles. The largest absolute Gasteiger partial charge is 0.334 e. The van der Waals surface area contributed by atoms with Crippen molar-refractivity contribution in [3.63, 3.8) is 0 Å². The van der Waals surface area contributed by atoms with E-state index in [-0.39, 0.29) is 0 Å². The first-order chi connectivity index (χ1) is 8.85. The first-order valence-electron chi connectivity index (χ1n) is 6.56. The summed E-state index contributed by atoms with van der Waals surface area (Å²) in [6.45, 7) is 10.1. The van der Waals surface area contributed by atoms with E-state index >= 15 is 0 Å². The molecule has 4 heteroatoms. The van der Waals surface area contributed by atoms with Crippen molar-refractivity contribution in [2.75, 3.05) is 0 Å². The second kappa shape index (κ2) is 4.78. The van der Waals surface area contributed by atoms with Crippen LogP contribution in [0.1, 0.15) is 42.8 Å². The van der Waals surface area contributed by atoms with E-state index in [1.54, 1.807) is 0 Å². The fourth-order valence-electron chi connectivity index (χ4n) is 2.23. The zero-order valence-corrected chi connectivity index (χ0v) is 12.2. The highest BCUT2D eigenvalue weighted by atomic mass is 16.5. The summed E-state index contributed by atoms with van der Waals surface area (Å²) in [5.74, 6) is 1.11. The first-order valence-corrected chi connectivity index (χ1v) is 6.56. The highest BCUT2D eigenvalue weighted by molar-refractivity contribution is 5.63. The van der Waals surface area contributed by atoms with E-state index in [1.165, 1.54) is 5.56 Å². The molecule has 1 atom stereocenters. The Bertz CT molecular complexity index is 576. The summed E-state index contributed by atoms with van der Waals surface area (Å²) in [6, 6.07) is 4.24. The molecule has 0 saturated heterocycles. The number of nitrogens with two attached hydrogens (primary N) is 1. The van der Waals surface area contributed by atoms with Crippen molar-refractivity contribution in [3.8, 4) is 11.5 Å². The van der Waals surface area contributed by atoms with Crippen LogP contribution in [0.4, 0.5) is 0 Å². The molecule has 1 aromatic carbocycles. The van der Waals surface area contributed by atoms with E-state index in [0.29, 0.717) is 11.7 Å². The van der Waals surface area contributed by atoms with Crippen LogP contribution in [0.2, 0.25) is 0 Å². The van der Waals surface area contributed by atoms with Crippen molar-refractivity contribution < 1.29 is 4.52 Å². The third-order valence-electron chi connectivity index (χ3n) is 3.56. The Kier molecular flexibility index (Phi) is 3.45. The summed E-state index contributed by atoms with van der Waals surface area (Å²) in [5.41, 5.74) is 10.1. The van der Waals surface area contributed by atoms with Gasteiger partial charge in [0.1, 0.15) is 0 Å². The minimum absolute atomic E-state index is 0.547. The lowest BCUT2D eigenvalue weighted by molar-refractivity contribution is 0.378. The molecule has 1 unspecified atom stereocenters. The van der Waals surface area contributed by atoms with E-state index in [9.17, 15) is 0 Å². The number of aromatic nitrogens is 2. The van der Waals surface area contributed by atoms with Crippen molar-refractivity contribution in [1.29, 1.82) is 0 Å². The average molecular weight is 259 g/mol. The molecule has 1 heterocycles. The molecule has 4 nitrogen and oxygen atoms in total. The number of hydrogen-bond donors (Lipinski definition) is 1. The fourth-order valence-corrected chi connectivity index (χ4v) is 2.23. The Labute approximate surface area is 114 Å². The van der Waals surface area contributed by atoms with Crippen LogP contribution < -0.4 is 5.73 Å². The third-order valence-corrected chi connectivity index (χ3v) is 3.56. The van der Waals surface area contributed by atoms with E-state index in [0.717, 1.165) is 23.1 Å². The second-order valence-electron chi connectivity index (χ2n) is 5.47. The van der Waals surface area contributed by atoms with Crippen LogP contribution in [0.5, 0.6) is 0 Å². The number of hydrogen-bond acceptors (Lipinski definition) is 4. The lowest BCUT2D eigenvalue weighted by Gasteiger charge is -2.16. The van der Waals surface area contributed by atoms with Gasteiger partial charge in [-0.05, 0) is 45.2 Å². The zero-order chi connectivity index (χ0) is 14.2. The molecule has 19 heavy (non-hydrogen) atoms. The van der Waals surface area contributed by atoms with Crippen molar-refractivity contribution in [2.45, 2.75) is 46.6 Å². The van der Waals surface area contributed by atoms with Gasteiger partial charge < -0.3 is 10.3 Å². The van der Waals surface area contributed by atoms with Gasteiger partial charge in [-0.25, -0.2) is 0 Å². The van der Waals surface area contributed by atoms with Crippen molar-refractivity contribution in [2.24, 2.45) is 5.73 Å². The number of aryl methyl sites for hydroxylation is 3. The average Bonchev–Trinajstić information content (AvgIpc) is 2.77. The Hall–Kier alpha value is -1.68. The SMILES string of the molecule is CCC(C)(N)c1noc(-c2c(C)cc(C)cc2C)n1. The third kappa shape index (κ3) is 2.54. The molecule has 2 rings (SSSR count). The molecule has 0 bridgehead atoms. The normalized spacial score (nSPS) is 14.4. The number of benzene rings is 1. The van der Waals surface area contributed by atoms with Crippen LogP contribution in [0.25, 0.3) is 11.5 Å². The molecular formula is C15H21N3O. The number of rotatable bonds is 3. The van der Waals surface area contributed by atoms with Gasteiger partial charge >= 0.3 is 0 Å². The molecule has 102 valence electrons. The Morgan fingerprint density at radius 2 is 1.79 bits per heavy atom. The minimum Gasteiger partial charge on any atom is -0.334 e. The van der Waals surface area contributed by atoms with Crippen molar-refractivity contribution >= 4 is 0 Å². The lowest BCUT2D eigenvalue weighted by Crippen LogP contribution is -2.33. The van der Waals surface area contributed by atoms with Crippen LogP contribution in [-0.2, 0) is 5.54 Å². The van der Waals surface area contributed by atoms with Gasteiger partial charge in [-0.2, -0.15) is 4.98 Å². The van der Waals surface area contributed by atoms with E-state index in [4.69, 9.17) is 10.3 Å². The molecule has 0 spiro atoms. The Morgan fingerprint density at radius 3 is 2.32 bits per heavy atom. The van der Waals surface area contributed by atoms with Crippen LogP contribution in [0.15, 0.2) is 16.7 Å². The summed E-state index contributed by atoms with van der Waals surface area (Å²) < 4.78 is 5.40. The second-order valence-corrected chi connectivity index (χ2v) is 5.47. The molecule has 0 saturated carbocycles. The lowest BCUT2D eigenvalue weighted by atomic mass is 9.98. The monoisotopic (exact) mass is 259 g/mol. The van der Waals surface area contributed by atoms with Gasteiger partial charge in [0.15, 0.2) is 5.82 Å². The van der Waals surface area contributed by atoms with Crippen molar-refractivity contribution in [1.82, 2.24) is 10.1 Å². The summed E-state index contributed by atoms with van der Waals surface area (Å²) in [4.78, 5) is 4.47. The summed E-state index contributed by atoms with van der Waals surface area (Å²) in [7, 11) is 0. The maximum atomic E-state index is 6.14. The van der Waals surface area contributed by atoms with Gasteiger partial charge in [0.05, 0.1) is 5.54 Å². The van der Waals surface area contributed by atoms with Gasteiger partial charge in [-0.15, -0.1) is 0 Å². The van der Waals surface area contributed by atoms with Crippen LogP contribution in [-0.4, -0.2) is 10.1 Å². The number of nitrogens with zero attached hydrogens (tertiary/aromatic N) is 2. The van der Waals surface area contributed by atoms with Gasteiger partial charge in [0.2, 0.25) is 0 Å². The molecule has 2 N–H and O–H groups in total. The smallest absolute Gasteiger partial charge is 0.258 e. The van der Waals surface area contributed by atoms with Gasteiger partial charge in [-0.3, -0.25) is 0 Å². The molecule has 0 aliphatic carbocycles. The molecule has 2 aromatic rings. The minimum atomic E-state index is -0.547. The van der Waals surface area contributed by atoms with Crippen LogP contribution >= 0.6 is 0 Å². The molecule has 0 radical (unpaired) electrons. The predicted molar refractivity (Wildman–Crippen MR) is 75.8 cm³/mol. The van der Waals surface area contributed by atoms with Crippen LogP contribution in [0.3, 0.4) is 0 Å². The maximum Gasteiger partial charge on any atom is 0.258 e. The van der Waals surface area contributed by atoms with Crippen LogP contribution in [0, 0.1) is 20.8 Å². The van der Waals surface area contributed by atoms with Gasteiger partial charge in [-0.1, -0.05) is 29.8 Å². The predicted octanol–water partition coefficient (Wildman–Crippen LogP) is 3.25. The molecular weight excluding hydrogens is 238 g/mol. The quantitative estimate of drug-likeness (QED) is 0.919. The van der Waals surface area contributed by atoms with E-state index in [2.05, 4.69) is 43.0 Å². The maximum absolute atomic E-state index is 6.14. The van der Waals surface area contributed by atoms with Crippen molar-refractivity contribution in [3.05, 3.63) is 34.6 Å². The molecule has 0 amide bonds. The topological polar surface area (TPSA) is 64.9 Å². The van der Waals surface area contributed by atoms with E-state index in [1.807, 2.05) is 13.8 Å².